The van der Waals surface area contributed by atoms with E-state index in [0.29, 0.717) is 6.29 Å². The summed E-state index contributed by atoms with van der Waals surface area (Å²) in [6, 6.07) is 7.26. The van der Waals surface area contributed by atoms with Gasteiger partial charge in [-0.2, -0.15) is 13.2 Å². The van der Waals surface area contributed by atoms with Crippen LogP contribution in [0.3, 0.4) is 0 Å². The zero-order chi connectivity index (χ0) is 16.3. The van der Waals surface area contributed by atoms with Crippen LogP contribution in [0.2, 0.25) is 5.02 Å². The summed E-state index contributed by atoms with van der Waals surface area (Å²) in [6.45, 7) is -1.47. The molecule has 22 heavy (non-hydrogen) atoms. The number of ether oxygens (including phenoxy) is 1. The lowest BCUT2D eigenvalue weighted by molar-refractivity contribution is -0.153. The van der Waals surface area contributed by atoms with Crippen LogP contribution in [0, 0.1) is 5.82 Å². The van der Waals surface area contributed by atoms with Gasteiger partial charge in [-0.05, 0) is 42.0 Å². The van der Waals surface area contributed by atoms with Crippen molar-refractivity contribution < 1.29 is 27.1 Å². The Bertz CT molecular complexity index is 698. The third kappa shape index (κ3) is 3.98. The van der Waals surface area contributed by atoms with Gasteiger partial charge in [0.1, 0.15) is 11.6 Å². The molecule has 0 unspecified atom stereocenters. The van der Waals surface area contributed by atoms with Gasteiger partial charge in [0, 0.05) is 16.1 Å². The third-order valence-corrected chi connectivity index (χ3v) is 3.10. The summed E-state index contributed by atoms with van der Waals surface area (Å²) in [7, 11) is 0. The predicted octanol–water partition coefficient (Wildman–Crippen LogP) is 4.90. The lowest BCUT2D eigenvalue weighted by Crippen LogP contribution is -2.19. The number of hydrogen-bond acceptors (Lipinski definition) is 2. The van der Waals surface area contributed by atoms with Crippen molar-refractivity contribution in [3.8, 4) is 16.9 Å². The molecule has 0 bridgehead atoms. The van der Waals surface area contributed by atoms with Gasteiger partial charge in [-0.15, -0.1) is 0 Å². The minimum Gasteiger partial charge on any atom is -0.484 e. The van der Waals surface area contributed by atoms with Crippen molar-refractivity contribution in [2.75, 3.05) is 6.61 Å². The summed E-state index contributed by atoms with van der Waals surface area (Å²) < 4.78 is 54.5. The lowest BCUT2D eigenvalue weighted by Gasteiger charge is -2.12. The molecule has 0 saturated carbocycles. The highest BCUT2D eigenvalue weighted by Crippen LogP contribution is 2.33. The van der Waals surface area contributed by atoms with Gasteiger partial charge in [0.2, 0.25) is 0 Å². The summed E-state index contributed by atoms with van der Waals surface area (Å²) in [5.74, 6) is -0.684. The maximum atomic E-state index is 13.3. The standard InChI is InChI=1S/C15H9ClF4O2/c16-14-4-2-10(17)5-13(14)12-6-11(3-1-9(12)7-21)22-8-15(18,19)20/h1-7H,8H2. The number of alkyl halides is 3. The zero-order valence-electron chi connectivity index (χ0n) is 11.0. The van der Waals surface area contributed by atoms with Crippen LogP contribution in [0.25, 0.3) is 11.1 Å². The lowest BCUT2D eigenvalue weighted by atomic mass is 10.00. The Hall–Kier alpha value is -2.08. The molecule has 0 aliphatic rings. The number of halogens is 5. The molecule has 0 spiro atoms. The van der Waals surface area contributed by atoms with Crippen LogP contribution in [0.4, 0.5) is 17.6 Å². The fourth-order valence-electron chi connectivity index (χ4n) is 1.83. The van der Waals surface area contributed by atoms with Crippen LogP contribution in [0.5, 0.6) is 5.75 Å². The molecule has 2 nitrogen and oxygen atoms in total. The molecular formula is C15H9ClF4O2. The molecule has 0 aromatic heterocycles. The number of aldehydes is 1. The molecule has 0 aliphatic carbocycles. The summed E-state index contributed by atoms with van der Waals surface area (Å²) in [6.07, 6.45) is -3.98. The van der Waals surface area contributed by atoms with Crippen molar-refractivity contribution in [1.29, 1.82) is 0 Å². The second-order valence-electron chi connectivity index (χ2n) is 4.39. The minimum atomic E-state index is -4.49. The van der Waals surface area contributed by atoms with Crippen molar-refractivity contribution in [3.63, 3.8) is 0 Å². The summed E-state index contributed by atoms with van der Waals surface area (Å²) in [5, 5.41) is 0.164. The normalized spacial score (nSPS) is 11.3. The maximum absolute atomic E-state index is 13.3. The van der Waals surface area contributed by atoms with Crippen LogP contribution in [0.1, 0.15) is 10.4 Å². The number of hydrogen-bond donors (Lipinski definition) is 0. The monoisotopic (exact) mass is 332 g/mol. The smallest absolute Gasteiger partial charge is 0.422 e. The first-order valence-electron chi connectivity index (χ1n) is 6.04. The molecule has 2 aromatic rings. The number of carbonyl (C=O) groups is 1. The molecular weight excluding hydrogens is 324 g/mol. The molecule has 0 saturated heterocycles. The van der Waals surface area contributed by atoms with Crippen LogP contribution in [0.15, 0.2) is 36.4 Å². The molecule has 2 aromatic carbocycles. The molecule has 2 rings (SSSR count). The average Bonchev–Trinajstić information content (AvgIpc) is 2.46. The van der Waals surface area contributed by atoms with E-state index >= 15 is 0 Å². The number of carbonyl (C=O) groups excluding carboxylic acids is 1. The van der Waals surface area contributed by atoms with E-state index in [1.54, 1.807) is 0 Å². The summed E-state index contributed by atoms with van der Waals surface area (Å²) in [5.41, 5.74) is 0.548. The highest BCUT2D eigenvalue weighted by atomic mass is 35.5. The SMILES string of the molecule is O=Cc1ccc(OCC(F)(F)F)cc1-c1cc(F)ccc1Cl. The van der Waals surface area contributed by atoms with Crippen molar-refractivity contribution in [3.05, 3.63) is 52.8 Å². The van der Waals surface area contributed by atoms with Crippen LogP contribution in [-0.2, 0) is 0 Å². The van der Waals surface area contributed by atoms with E-state index in [1.165, 1.54) is 24.3 Å². The first kappa shape index (κ1) is 16.3. The minimum absolute atomic E-state index is 0.0988. The average molecular weight is 333 g/mol. The Morgan fingerprint density at radius 2 is 1.82 bits per heavy atom. The van der Waals surface area contributed by atoms with Crippen molar-refractivity contribution >= 4 is 17.9 Å². The maximum Gasteiger partial charge on any atom is 0.422 e. The molecule has 0 aliphatic heterocycles. The number of rotatable bonds is 4. The second kappa shape index (κ2) is 6.36. The van der Waals surface area contributed by atoms with Gasteiger partial charge >= 0.3 is 6.18 Å². The first-order valence-corrected chi connectivity index (χ1v) is 6.42. The molecule has 116 valence electrons. The molecule has 0 fully saturated rings. The van der Waals surface area contributed by atoms with Gasteiger partial charge in [0.05, 0.1) is 0 Å². The summed E-state index contributed by atoms with van der Waals surface area (Å²) >= 11 is 5.96. The molecule has 0 heterocycles. The Morgan fingerprint density at radius 1 is 1.09 bits per heavy atom. The Kier molecular flexibility index (Phi) is 4.71. The van der Waals surface area contributed by atoms with E-state index in [9.17, 15) is 22.4 Å². The van der Waals surface area contributed by atoms with Gasteiger partial charge in [-0.1, -0.05) is 11.6 Å². The molecule has 7 heteroatoms. The van der Waals surface area contributed by atoms with E-state index in [0.717, 1.165) is 12.1 Å². The Labute approximate surface area is 128 Å². The topological polar surface area (TPSA) is 26.3 Å². The Balaban J connectivity index is 2.44. The van der Waals surface area contributed by atoms with Crippen molar-refractivity contribution in [2.24, 2.45) is 0 Å². The van der Waals surface area contributed by atoms with Gasteiger partial charge < -0.3 is 4.74 Å². The highest BCUT2D eigenvalue weighted by molar-refractivity contribution is 6.33. The largest absolute Gasteiger partial charge is 0.484 e. The quantitative estimate of drug-likeness (QED) is 0.588. The Morgan fingerprint density at radius 3 is 2.45 bits per heavy atom. The van der Waals surface area contributed by atoms with E-state index < -0.39 is 18.6 Å². The van der Waals surface area contributed by atoms with E-state index in [4.69, 9.17) is 11.6 Å². The molecule has 0 amide bonds. The van der Waals surface area contributed by atoms with Gasteiger partial charge in [-0.3, -0.25) is 4.79 Å². The van der Waals surface area contributed by atoms with Gasteiger partial charge in [-0.25, -0.2) is 4.39 Å². The van der Waals surface area contributed by atoms with Crippen LogP contribution in [-0.4, -0.2) is 19.1 Å². The van der Waals surface area contributed by atoms with Crippen LogP contribution >= 0.6 is 11.6 Å². The van der Waals surface area contributed by atoms with Crippen molar-refractivity contribution in [2.45, 2.75) is 6.18 Å². The predicted molar refractivity (Wildman–Crippen MR) is 73.8 cm³/mol. The third-order valence-electron chi connectivity index (χ3n) is 2.77. The van der Waals surface area contributed by atoms with E-state index in [2.05, 4.69) is 4.74 Å². The van der Waals surface area contributed by atoms with E-state index in [-0.39, 0.29) is 27.5 Å². The summed E-state index contributed by atoms with van der Waals surface area (Å²) in [4.78, 5) is 11.1. The van der Waals surface area contributed by atoms with Gasteiger partial charge in [0.25, 0.3) is 0 Å². The van der Waals surface area contributed by atoms with Crippen LogP contribution < -0.4 is 4.74 Å². The first-order chi connectivity index (χ1) is 10.3. The van der Waals surface area contributed by atoms with E-state index in [1.807, 2.05) is 0 Å². The molecule has 0 radical (unpaired) electrons. The molecule has 0 N–H and O–H groups in total. The fourth-order valence-corrected chi connectivity index (χ4v) is 2.05. The van der Waals surface area contributed by atoms with Gasteiger partial charge in [0.15, 0.2) is 12.9 Å². The second-order valence-corrected chi connectivity index (χ2v) is 4.80. The fraction of sp³-hybridized carbons (Fsp3) is 0.133. The van der Waals surface area contributed by atoms with Crippen molar-refractivity contribution in [1.82, 2.24) is 0 Å². The number of benzene rings is 2. The zero-order valence-corrected chi connectivity index (χ0v) is 11.7. The highest BCUT2D eigenvalue weighted by Gasteiger charge is 2.28. The molecule has 0 atom stereocenters.